The number of aromatic nitrogens is 3. The highest BCUT2D eigenvalue weighted by Gasteiger charge is 2.19. The van der Waals surface area contributed by atoms with E-state index in [2.05, 4.69) is 15.0 Å². The molecule has 0 spiro atoms. The first kappa shape index (κ1) is 19.9. The highest BCUT2D eigenvalue weighted by atomic mass is 32.1. The molecule has 0 saturated heterocycles. The molecule has 0 radical (unpaired) electrons. The summed E-state index contributed by atoms with van der Waals surface area (Å²) in [6.45, 7) is 1.74. The molecule has 0 aliphatic heterocycles. The van der Waals surface area contributed by atoms with Gasteiger partial charge in [-0.2, -0.15) is 0 Å². The van der Waals surface area contributed by atoms with Crippen LogP contribution in [0.4, 0.5) is 0 Å². The molecular weight excluding hydrogens is 406 g/mol. The van der Waals surface area contributed by atoms with Crippen LogP contribution in [0.25, 0.3) is 11.5 Å². The highest BCUT2D eigenvalue weighted by molar-refractivity contribution is 7.09. The van der Waals surface area contributed by atoms with Gasteiger partial charge in [0, 0.05) is 17.7 Å². The lowest BCUT2D eigenvalue weighted by Crippen LogP contribution is -2.11. The molecule has 30 heavy (non-hydrogen) atoms. The summed E-state index contributed by atoms with van der Waals surface area (Å²) >= 11 is 0.946. The van der Waals surface area contributed by atoms with Gasteiger partial charge >= 0.3 is 4.87 Å². The van der Waals surface area contributed by atoms with Crippen LogP contribution in [0.1, 0.15) is 28.1 Å². The van der Waals surface area contributed by atoms with Crippen molar-refractivity contribution in [2.45, 2.75) is 19.4 Å². The molecule has 0 aliphatic carbocycles. The molecule has 9 heteroatoms. The second-order valence-electron chi connectivity index (χ2n) is 6.60. The zero-order valence-electron chi connectivity index (χ0n) is 16.0. The number of aliphatic hydroxyl groups is 1. The molecule has 0 fully saturated rings. The summed E-state index contributed by atoms with van der Waals surface area (Å²) in [7, 11) is 0. The fraction of sp³-hybridized carbons (Fsp3) is 0.190. The topological polar surface area (TPSA) is 121 Å². The second-order valence-corrected chi connectivity index (χ2v) is 7.67. The summed E-state index contributed by atoms with van der Waals surface area (Å²) < 4.78 is 11.3. The number of aromatic hydroxyl groups is 1. The van der Waals surface area contributed by atoms with Crippen LogP contribution in [0.3, 0.4) is 0 Å². The van der Waals surface area contributed by atoms with Crippen molar-refractivity contribution in [1.29, 1.82) is 0 Å². The molecule has 0 aliphatic rings. The predicted molar refractivity (Wildman–Crippen MR) is 111 cm³/mol. The first-order valence-corrected chi connectivity index (χ1v) is 10.0. The van der Waals surface area contributed by atoms with Crippen LogP contribution >= 0.6 is 11.3 Å². The van der Waals surface area contributed by atoms with Gasteiger partial charge in [-0.05, 0) is 31.2 Å². The van der Waals surface area contributed by atoms with Crippen LogP contribution in [0.2, 0.25) is 0 Å². The van der Waals surface area contributed by atoms with E-state index in [9.17, 15) is 15.0 Å². The monoisotopic (exact) mass is 425 g/mol. The Balaban J connectivity index is 1.38. The van der Waals surface area contributed by atoms with Gasteiger partial charge in [0.15, 0.2) is 0 Å². The molecule has 154 valence electrons. The van der Waals surface area contributed by atoms with Gasteiger partial charge in [-0.15, -0.1) is 0 Å². The first-order valence-electron chi connectivity index (χ1n) is 9.19. The average molecular weight is 425 g/mol. The average Bonchev–Trinajstić information content (AvgIpc) is 3.29. The summed E-state index contributed by atoms with van der Waals surface area (Å²) in [5.41, 5.74) is 1.93. The minimum atomic E-state index is -0.958. The van der Waals surface area contributed by atoms with Gasteiger partial charge in [0.1, 0.15) is 29.9 Å². The number of nitrogens with zero attached hydrogens (tertiary/aromatic N) is 2. The van der Waals surface area contributed by atoms with Crippen molar-refractivity contribution in [3.63, 3.8) is 0 Å². The summed E-state index contributed by atoms with van der Waals surface area (Å²) in [4.78, 5) is 22.5. The predicted octanol–water partition coefficient (Wildman–Crippen LogP) is 3.20. The number of nitrogens with one attached hydrogen (secondary N) is 1. The van der Waals surface area contributed by atoms with E-state index in [0.29, 0.717) is 40.1 Å². The van der Waals surface area contributed by atoms with Gasteiger partial charge in [-0.1, -0.05) is 29.5 Å². The van der Waals surface area contributed by atoms with Crippen LogP contribution < -0.4 is 9.61 Å². The third-order valence-electron chi connectivity index (χ3n) is 4.42. The zero-order chi connectivity index (χ0) is 21.1. The van der Waals surface area contributed by atoms with E-state index in [1.807, 2.05) is 30.3 Å². The number of pyridine rings is 1. The minimum Gasteiger partial charge on any atom is -0.494 e. The van der Waals surface area contributed by atoms with Crippen molar-refractivity contribution in [2.75, 3.05) is 6.61 Å². The van der Waals surface area contributed by atoms with Crippen LogP contribution in [0.15, 0.2) is 57.9 Å². The molecule has 1 aromatic carbocycles. The maximum Gasteiger partial charge on any atom is 0.307 e. The number of aliphatic hydroxyl groups excluding tert-OH is 1. The Morgan fingerprint density at radius 3 is 2.70 bits per heavy atom. The van der Waals surface area contributed by atoms with E-state index in [1.165, 1.54) is 6.20 Å². The Hall–Kier alpha value is -3.43. The number of aryl methyl sites for hydroxylation is 1. The molecule has 1 unspecified atom stereocenters. The quantitative estimate of drug-likeness (QED) is 0.416. The lowest BCUT2D eigenvalue weighted by Gasteiger charge is -2.11. The van der Waals surface area contributed by atoms with Crippen molar-refractivity contribution < 1.29 is 19.4 Å². The number of rotatable bonds is 7. The van der Waals surface area contributed by atoms with Gasteiger partial charge in [-0.25, -0.2) is 4.98 Å². The molecule has 4 aromatic rings. The van der Waals surface area contributed by atoms with Crippen molar-refractivity contribution >= 4 is 11.3 Å². The van der Waals surface area contributed by atoms with E-state index in [4.69, 9.17) is 9.15 Å². The van der Waals surface area contributed by atoms with Gasteiger partial charge in [-0.3, -0.25) is 14.8 Å². The summed E-state index contributed by atoms with van der Waals surface area (Å²) in [6, 6.07) is 12.9. The maximum atomic E-state index is 11.3. The van der Waals surface area contributed by atoms with E-state index in [0.717, 1.165) is 16.9 Å². The number of benzene rings is 1. The van der Waals surface area contributed by atoms with Crippen LogP contribution in [-0.4, -0.2) is 31.8 Å². The van der Waals surface area contributed by atoms with E-state index < -0.39 is 6.10 Å². The van der Waals surface area contributed by atoms with E-state index in [-0.39, 0.29) is 17.4 Å². The third kappa shape index (κ3) is 4.42. The number of H-pyrrole nitrogens is 1. The molecule has 1 atom stereocenters. The SMILES string of the molecule is Cc1oc(-c2ccccc2)nc1C(O)COc1ccc(Cc2sc(=O)[nH]c2O)nc1. The summed E-state index contributed by atoms with van der Waals surface area (Å²) in [6.07, 6.45) is 0.901. The summed E-state index contributed by atoms with van der Waals surface area (Å²) in [5, 5.41) is 20.1. The zero-order valence-corrected chi connectivity index (χ0v) is 16.8. The highest BCUT2D eigenvalue weighted by Crippen LogP contribution is 2.26. The Morgan fingerprint density at radius 2 is 2.03 bits per heavy atom. The van der Waals surface area contributed by atoms with Gasteiger partial charge in [0.05, 0.1) is 11.1 Å². The van der Waals surface area contributed by atoms with Crippen molar-refractivity contribution in [3.05, 3.63) is 80.4 Å². The molecule has 0 amide bonds. The number of aromatic amines is 1. The number of ether oxygens (including phenoxy) is 1. The van der Waals surface area contributed by atoms with Gasteiger partial charge in [0.2, 0.25) is 11.8 Å². The molecule has 0 saturated carbocycles. The Bertz CT molecular complexity index is 1180. The van der Waals surface area contributed by atoms with Gasteiger partial charge < -0.3 is 19.4 Å². The molecule has 3 heterocycles. The smallest absolute Gasteiger partial charge is 0.307 e. The Kier molecular flexibility index (Phi) is 5.64. The molecular formula is C21H19N3O5S. The summed E-state index contributed by atoms with van der Waals surface area (Å²) in [5.74, 6) is 1.33. The van der Waals surface area contributed by atoms with Crippen molar-refractivity contribution in [3.8, 4) is 23.1 Å². The lowest BCUT2D eigenvalue weighted by molar-refractivity contribution is 0.103. The lowest BCUT2D eigenvalue weighted by atomic mass is 10.2. The number of hydrogen-bond acceptors (Lipinski definition) is 8. The molecule has 8 nitrogen and oxygen atoms in total. The van der Waals surface area contributed by atoms with Crippen molar-refractivity contribution in [2.24, 2.45) is 0 Å². The fourth-order valence-corrected chi connectivity index (χ4v) is 3.65. The molecule has 4 rings (SSSR count). The van der Waals surface area contributed by atoms with Crippen LogP contribution in [0.5, 0.6) is 11.6 Å². The first-order chi connectivity index (χ1) is 14.5. The Morgan fingerprint density at radius 1 is 1.23 bits per heavy atom. The molecule has 3 aromatic heterocycles. The third-order valence-corrected chi connectivity index (χ3v) is 5.29. The minimum absolute atomic E-state index is 0.0111. The molecule has 0 bridgehead atoms. The second kappa shape index (κ2) is 8.52. The van der Waals surface area contributed by atoms with Crippen LogP contribution in [0, 0.1) is 6.92 Å². The maximum absolute atomic E-state index is 11.3. The number of oxazole rings is 1. The van der Waals surface area contributed by atoms with E-state index in [1.54, 1.807) is 19.1 Å². The number of hydrogen-bond donors (Lipinski definition) is 3. The Labute approximate surface area is 175 Å². The number of thiazole rings is 1. The van der Waals surface area contributed by atoms with E-state index >= 15 is 0 Å². The standard InChI is InChI=1S/C21H19N3O5S/c1-12-18(23-20(29-12)13-5-3-2-4-6-13)16(25)11-28-15-8-7-14(22-10-15)9-17-19(26)24-21(27)30-17/h2-8,10,16,25-26H,9,11H2,1H3,(H,24,27). The normalized spacial score (nSPS) is 12.1. The van der Waals surface area contributed by atoms with Crippen LogP contribution in [-0.2, 0) is 6.42 Å². The van der Waals surface area contributed by atoms with Gasteiger partial charge in [0.25, 0.3) is 0 Å². The fourth-order valence-electron chi connectivity index (χ4n) is 2.91. The largest absolute Gasteiger partial charge is 0.494 e. The van der Waals surface area contributed by atoms with Crippen molar-refractivity contribution in [1.82, 2.24) is 15.0 Å². The molecule has 3 N–H and O–H groups in total.